The summed E-state index contributed by atoms with van der Waals surface area (Å²) in [6, 6.07) is 27.6. The second kappa shape index (κ2) is 8.91. The zero-order valence-electron chi connectivity index (χ0n) is 20.2. The molecule has 0 aliphatic rings. The lowest BCUT2D eigenvalue weighted by molar-refractivity contribution is 0.102. The summed E-state index contributed by atoms with van der Waals surface area (Å²) in [6.45, 7) is 3.94. The molecule has 6 aromatic rings. The fourth-order valence-corrected chi connectivity index (χ4v) is 4.31. The molecule has 2 aromatic heterocycles. The zero-order chi connectivity index (χ0) is 25.5. The minimum atomic E-state index is -0.419. The molecule has 0 bridgehead atoms. The first-order valence-corrected chi connectivity index (χ1v) is 11.9. The molecule has 1 N–H and O–H groups in total. The molecule has 0 saturated heterocycles. The number of aromatic nitrogens is 1. The quantitative estimate of drug-likeness (QED) is 0.268. The largest absolute Gasteiger partial charge is 0.436 e. The van der Waals surface area contributed by atoms with E-state index in [0.717, 1.165) is 27.6 Å². The van der Waals surface area contributed by atoms with Crippen molar-refractivity contribution in [2.24, 2.45) is 0 Å². The van der Waals surface area contributed by atoms with Gasteiger partial charge in [0.25, 0.3) is 5.91 Å². The number of hydrogen-bond donors (Lipinski definition) is 1. The van der Waals surface area contributed by atoms with Gasteiger partial charge in [0.1, 0.15) is 11.1 Å². The number of benzene rings is 4. The van der Waals surface area contributed by atoms with Gasteiger partial charge in [-0.3, -0.25) is 4.79 Å². The monoisotopic (exact) mass is 486 g/mol. The van der Waals surface area contributed by atoms with Crippen molar-refractivity contribution in [3.8, 4) is 22.6 Å². The molecule has 6 heteroatoms. The number of carbonyl (C=O) groups excluding carboxylic acids is 1. The summed E-state index contributed by atoms with van der Waals surface area (Å²) in [7, 11) is 0. The van der Waals surface area contributed by atoms with Gasteiger partial charge in [0.05, 0.1) is 5.56 Å². The average Bonchev–Trinajstić information content (AvgIpc) is 3.33. The van der Waals surface area contributed by atoms with E-state index in [1.165, 1.54) is 0 Å². The highest BCUT2D eigenvalue weighted by Gasteiger charge is 2.14. The first-order chi connectivity index (χ1) is 17.9. The van der Waals surface area contributed by atoms with Crippen LogP contribution in [0.4, 0.5) is 5.69 Å². The number of nitrogens with one attached hydrogen (secondary N) is 1. The highest BCUT2D eigenvalue weighted by atomic mass is 16.4. The standard InChI is InChI=1S/C31H22N2O4/c1-18-7-14-28-26(15-18)33-30(36-28)23-9-8-19(2)25(17-23)32-29(34)21-12-10-20(11-13-21)24-16-22-5-3-4-6-27(22)37-31(24)35/h3-17H,1-2H3,(H,32,34). The van der Waals surface area contributed by atoms with Gasteiger partial charge in [-0.25, -0.2) is 9.78 Å². The smallest absolute Gasteiger partial charge is 0.344 e. The molecule has 0 saturated carbocycles. The van der Waals surface area contributed by atoms with Crippen LogP contribution in [0.2, 0.25) is 0 Å². The number of nitrogens with zero attached hydrogens (tertiary/aromatic N) is 1. The molecule has 1 amide bonds. The molecule has 4 aromatic carbocycles. The van der Waals surface area contributed by atoms with Gasteiger partial charge in [0, 0.05) is 22.2 Å². The Kier molecular flexibility index (Phi) is 5.42. The Morgan fingerprint density at radius 3 is 2.41 bits per heavy atom. The van der Waals surface area contributed by atoms with Crippen LogP contribution >= 0.6 is 0 Å². The summed E-state index contributed by atoms with van der Waals surface area (Å²) in [4.78, 5) is 30.2. The van der Waals surface area contributed by atoms with Crippen LogP contribution in [-0.4, -0.2) is 10.9 Å². The van der Waals surface area contributed by atoms with E-state index in [2.05, 4.69) is 10.3 Å². The molecule has 0 fully saturated rings. The van der Waals surface area contributed by atoms with E-state index in [-0.39, 0.29) is 5.91 Å². The Morgan fingerprint density at radius 2 is 1.57 bits per heavy atom. The number of anilines is 1. The average molecular weight is 487 g/mol. The van der Waals surface area contributed by atoms with Crippen molar-refractivity contribution in [1.82, 2.24) is 4.98 Å². The number of aryl methyl sites for hydroxylation is 2. The van der Waals surface area contributed by atoms with E-state index in [0.29, 0.717) is 39.4 Å². The molecule has 0 aliphatic carbocycles. The van der Waals surface area contributed by atoms with Crippen LogP contribution in [-0.2, 0) is 0 Å². The van der Waals surface area contributed by atoms with E-state index in [4.69, 9.17) is 8.83 Å². The van der Waals surface area contributed by atoms with Crippen LogP contribution in [0.5, 0.6) is 0 Å². The zero-order valence-corrected chi connectivity index (χ0v) is 20.2. The number of para-hydroxylation sites is 1. The molecule has 6 nitrogen and oxygen atoms in total. The molecular formula is C31H22N2O4. The molecule has 0 radical (unpaired) electrons. The van der Waals surface area contributed by atoms with Gasteiger partial charge in [0.2, 0.25) is 5.89 Å². The van der Waals surface area contributed by atoms with Crippen LogP contribution in [0.3, 0.4) is 0 Å². The summed E-state index contributed by atoms with van der Waals surface area (Å²) >= 11 is 0. The van der Waals surface area contributed by atoms with Crippen molar-refractivity contribution in [2.75, 3.05) is 5.32 Å². The lowest BCUT2D eigenvalue weighted by Crippen LogP contribution is -2.13. The van der Waals surface area contributed by atoms with Crippen molar-refractivity contribution in [1.29, 1.82) is 0 Å². The fourth-order valence-electron chi connectivity index (χ4n) is 4.31. The maximum atomic E-state index is 13.1. The van der Waals surface area contributed by atoms with Gasteiger partial charge in [-0.1, -0.05) is 42.5 Å². The third-order valence-corrected chi connectivity index (χ3v) is 6.38. The highest BCUT2D eigenvalue weighted by molar-refractivity contribution is 6.05. The van der Waals surface area contributed by atoms with Gasteiger partial charge in [-0.15, -0.1) is 0 Å². The number of hydrogen-bond acceptors (Lipinski definition) is 5. The number of oxazole rings is 1. The summed E-state index contributed by atoms with van der Waals surface area (Å²) in [5.74, 6) is 0.236. The lowest BCUT2D eigenvalue weighted by Gasteiger charge is -2.10. The molecule has 0 aliphatic heterocycles. The van der Waals surface area contributed by atoms with Crippen molar-refractivity contribution < 1.29 is 13.6 Å². The van der Waals surface area contributed by atoms with Crippen LogP contribution in [0.15, 0.2) is 105 Å². The van der Waals surface area contributed by atoms with E-state index in [1.807, 2.05) is 68.4 Å². The third-order valence-electron chi connectivity index (χ3n) is 6.38. The van der Waals surface area contributed by atoms with Crippen LogP contribution < -0.4 is 10.9 Å². The first-order valence-electron chi connectivity index (χ1n) is 11.9. The number of amides is 1. The summed E-state index contributed by atoms with van der Waals surface area (Å²) < 4.78 is 11.4. The predicted molar refractivity (Wildman–Crippen MR) is 145 cm³/mol. The number of rotatable bonds is 4. The van der Waals surface area contributed by atoms with Gasteiger partial charge in [-0.2, -0.15) is 0 Å². The van der Waals surface area contributed by atoms with E-state index in [1.54, 1.807) is 36.4 Å². The molecule has 0 unspecified atom stereocenters. The van der Waals surface area contributed by atoms with Crippen molar-refractivity contribution in [3.63, 3.8) is 0 Å². The first kappa shape index (κ1) is 22.5. The molecule has 37 heavy (non-hydrogen) atoms. The van der Waals surface area contributed by atoms with Crippen LogP contribution in [0.1, 0.15) is 21.5 Å². The molecule has 0 atom stereocenters. The highest BCUT2D eigenvalue weighted by Crippen LogP contribution is 2.29. The molecular weight excluding hydrogens is 464 g/mol. The minimum Gasteiger partial charge on any atom is -0.436 e. The lowest BCUT2D eigenvalue weighted by atomic mass is 10.0. The maximum absolute atomic E-state index is 13.1. The summed E-state index contributed by atoms with van der Waals surface area (Å²) in [5.41, 5.74) is 6.68. The number of fused-ring (bicyclic) bond motifs is 2. The minimum absolute atomic E-state index is 0.259. The van der Waals surface area contributed by atoms with Gasteiger partial charge in [0.15, 0.2) is 5.58 Å². The van der Waals surface area contributed by atoms with Gasteiger partial charge >= 0.3 is 5.63 Å². The SMILES string of the molecule is Cc1ccc2oc(-c3ccc(C)c(NC(=O)c4ccc(-c5cc6ccccc6oc5=O)cc4)c3)nc2c1. The molecule has 0 spiro atoms. The summed E-state index contributed by atoms with van der Waals surface area (Å²) in [5, 5.41) is 3.82. The Bertz CT molecular complexity index is 1860. The van der Waals surface area contributed by atoms with Crippen molar-refractivity contribution in [3.05, 3.63) is 118 Å². The van der Waals surface area contributed by atoms with E-state index in [9.17, 15) is 9.59 Å². The number of carbonyl (C=O) groups is 1. The van der Waals surface area contributed by atoms with E-state index >= 15 is 0 Å². The topological polar surface area (TPSA) is 85.3 Å². The Morgan fingerprint density at radius 1 is 0.784 bits per heavy atom. The van der Waals surface area contributed by atoms with Crippen LogP contribution in [0.25, 0.3) is 44.7 Å². The van der Waals surface area contributed by atoms with Gasteiger partial charge in [-0.05, 0) is 79.1 Å². The maximum Gasteiger partial charge on any atom is 0.344 e. The van der Waals surface area contributed by atoms with Crippen LogP contribution in [0, 0.1) is 13.8 Å². The fraction of sp³-hybridized carbons (Fsp3) is 0.0645. The normalized spacial score (nSPS) is 11.2. The molecule has 180 valence electrons. The van der Waals surface area contributed by atoms with Gasteiger partial charge < -0.3 is 14.2 Å². The molecule has 6 rings (SSSR count). The van der Waals surface area contributed by atoms with Crippen molar-refractivity contribution >= 4 is 33.7 Å². The second-order valence-electron chi connectivity index (χ2n) is 9.04. The third kappa shape index (κ3) is 4.29. The van der Waals surface area contributed by atoms with Crippen molar-refractivity contribution in [2.45, 2.75) is 13.8 Å². The Hall–Kier alpha value is -4.97. The van der Waals surface area contributed by atoms with E-state index < -0.39 is 5.63 Å². The Balaban J connectivity index is 1.26. The molecule has 2 heterocycles. The summed E-state index contributed by atoms with van der Waals surface area (Å²) in [6.07, 6.45) is 0. The predicted octanol–water partition coefficient (Wildman–Crippen LogP) is 7.14. The second-order valence-corrected chi connectivity index (χ2v) is 9.04. The Labute approximate surface area is 212 Å².